The van der Waals surface area contributed by atoms with Gasteiger partial charge in [0, 0.05) is 35.9 Å². The van der Waals surface area contributed by atoms with Crippen LogP contribution in [-0.4, -0.2) is 15.0 Å². The van der Waals surface area contributed by atoms with Crippen LogP contribution in [-0.2, 0) is 0 Å². The summed E-state index contributed by atoms with van der Waals surface area (Å²) < 4.78 is 0. The molecule has 8 aromatic rings. The van der Waals surface area contributed by atoms with E-state index in [1.54, 1.807) is 24.8 Å². The predicted molar refractivity (Wildman–Crippen MR) is 182 cm³/mol. The van der Waals surface area contributed by atoms with E-state index < -0.39 is 0 Å². The van der Waals surface area contributed by atoms with Gasteiger partial charge in [-0.1, -0.05) is 97.1 Å². The third kappa shape index (κ3) is 4.71. The summed E-state index contributed by atoms with van der Waals surface area (Å²) in [4.78, 5) is 13.4. The number of hydrogen-bond donors (Lipinski definition) is 0. The molecule has 0 saturated heterocycles. The van der Waals surface area contributed by atoms with Crippen molar-refractivity contribution in [2.45, 2.75) is 0 Å². The topological polar surface area (TPSA) is 38.7 Å². The summed E-state index contributed by atoms with van der Waals surface area (Å²) in [6, 6.07) is 49.6. The molecule has 0 saturated carbocycles. The van der Waals surface area contributed by atoms with Crippen LogP contribution in [0.1, 0.15) is 0 Å². The second kappa shape index (κ2) is 11.0. The van der Waals surface area contributed by atoms with Gasteiger partial charge < -0.3 is 0 Å². The summed E-state index contributed by atoms with van der Waals surface area (Å²) in [6.07, 6.45) is 7.23. The molecule has 3 aromatic heterocycles. The first-order valence-corrected chi connectivity index (χ1v) is 14.8. The number of fused-ring (bicyclic) bond motifs is 3. The van der Waals surface area contributed by atoms with Crippen molar-refractivity contribution in [3.8, 4) is 55.9 Å². The molecule has 206 valence electrons. The first-order valence-electron chi connectivity index (χ1n) is 14.8. The first-order chi connectivity index (χ1) is 21.8. The number of pyridine rings is 3. The summed E-state index contributed by atoms with van der Waals surface area (Å²) in [5.74, 6) is 0. The number of aromatic nitrogens is 3. The van der Waals surface area contributed by atoms with Gasteiger partial charge in [0.05, 0.1) is 11.4 Å². The van der Waals surface area contributed by atoms with E-state index in [9.17, 15) is 0 Å². The number of benzene rings is 5. The van der Waals surface area contributed by atoms with Crippen molar-refractivity contribution in [1.82, 2.24) is 15.0 Å². The summed E-state index contributed by atoms with van der Waals surface area (Å²) in [6.45, 7) is 0. The van der Waals surface area contributed by atoms with Crippen LogP contribution in [0.5, 0.6) is 0 Å². The first kappa shape index (κ1) is 25.8. The molecule has 5 aromatic carbocycles. The Labute approximate surface area is 256 Å². The smallest absolute Gasteiger partial charge is 0.0716 e. The number of rotatable bonds is 5. The van der Waals surface area contributed by atoms with E-state index in [0.29, 0.717) is 0 Å². The van der Waals surface area contributed by atoms with Crippen molar-refractivity contribution in [3.05, 3.63) is 164 Å². The molecule has 0 fully saturated rings. The molecule has 0 N–H and O–H groups in total. The fraction of sp³-hybridized carbons (Fsp3) is 0. The lowest BCUT2D eigenvalue weighted by Crippen LogP contribution is -1.92. The van der Waals surface area contributed by atoms with E-state index in [1.807, 2.05) is 24.3 Å². The van der Waals surface area contributed by atoms with E-state index in [4.69, 9.17) is 4.98 Å². The molecule has 8 rings (SSSR count). The predicted octanol–water partition coefficient (Wildman–Crippen LogP) is 10.5. The molecule has 0 atom stereocenters. The monoisotopic (exact) mass is 561 g/mol. The fourth-order valence-electron chi connectivity index (χ4n) is 6.13. The van der Waals surface area contributed by atoms with Gasteiger partial charge in [-0.15, -0.1) is 0 Å². The minimum atomic E-state index is 0.911. The minimum absolute atomic E-state index is 0.911. The van der Waals surface area contributed by atoms with Gasteiger partial charge in [-0.2, -0.15) is 0 Å². The fourth-order valence-corrected chi connectivity index (χ4v) is 6.13. The van der Waals surface area contributed by atoms with Gasteiger partial charge in [0.25, 0.3) is 0 Å². The maximum Gasteiger partial charge on any atom is 0.0716 e. The van der Waals surface area contributed by atoms with Crippen LogP contribution in [0, 0.1) is 0 Å². The standard InChI is InChI=1S/C41H27N3/c1-2-9-35-32(7-1)25-39(38-12-6-5-10-36(35)38)37-11-4-3-8-34(37)29-15-13-28(14-16-29)33-26-40(30-17-21-42-22-18-30)44-41(27-33)31-19-23-43-24-20-31/h1-27H. The summed E-state index contributed by atoms with van der Waals surface area (Å²) in [5, 5.41) is 5.07. The van der Waals surface area contributed by atoms with Crippen LogP contribution >= 0.6 is 0 Å². The van der Waals surface area contributed by atoms with Crippen LogP contribution in [0.25, 0.3) is 77.4 Å². The maximum atomic E-state index is 5.00. The van der Waals surface area contributed by atoms with Gasteiger partial charge in [-0.3, -0.25) is 9.97 Å². The summed E-state index contributed by atoms with van der Waals surface area (Å²) >= 11 is 0. The zero-order valence-electron chi connectivity index (χ0n) is 23.9. The van der Waals surface area contributed by atoms with Crippen molar-refractivity contribution in [2.24, 2.45) is 0 Å². The lowest BCUT2D eigenvalue weighted by molar-refractivity contribution is 1.27. The molecule has 0 amide bonds. The van der Waals surface area contributed by atoms with Crippen LogP contribution < -0.4 is 0 Å². The molecular weight excluding hydrogens is 534 g/mol. The molecule has 0 spiro atoms. The Morgan fingerprint density at radius 1 is 0.318 bits per heavy atom. The molecule has 0 aliphatic carbocycles. The van der Waals surface area contributed by atoms with E-state index in [2.05, 4.69) is 125 Å². The highest BCUT2D eigenvalue weighted by molar-refractivity contribution is 6.14. The van der Waals surface area contributed by atoms with Crippen LogP contribution in [0.15, 0.2) is 164 Å². The van der Waals surface area contributed by atoms with E-state index >= 15 is 0 Å². The molecule has 0 unspecified atom stereocenters. The Bertz CT molecular complexity index is 2200. The Hall–Kier alpha value is -5.93. The zero-order chi connectivity index (χ0) is 29.3. The van der Waals surface area contributed by atoms with Crippen molar-refractivity contribution in [1.29, 1.82) is 0 Å². The molecule has 0 aliphatic rings. The SMILES string of the molecule is c1ccc(-c2cc3ccccc3c3ccccc23)c(-c2ccc(-c3cc(-c4ccncc4)nc(-c4ccncc4)c3)cc2)c1. The van der Waals surface area contributed by atoms with Crippen molar-refractivity contribution in [2.75, 3.05) is 0 Å². The van der Waals surface area contributed by atoms with Gasteiger partial charge in [-0.25, -0.2) is 4.98 Å². The maximum absolute atomic E-state index is 5.00. The summed E-state index contributed by atoms with van der Waals surface area (Å²) in [7, 11) is 0. The number of hydrogen-bond acceptors (Lipinski definition) is 3. The van der Waals surface area contributed by atoms with Crippen molar-refractivity contribution in [3.63, 3.8) is 0 Å². The summed E-state index contributed by atoms with van der Waals surface area (Å²) in [5.41, 5.74) is 11.0. The molecule has 0 bridgehead atoms. The van der Waals surface area contributed by atoms with E-state index in [-0.39, 0.29) is 0 Å². The quantitative estimate of drug-likeness (QED) is 0.196. The average molecular weight is 562 g/mol. The van der Waals surface area contributed by atoms with E-state index in [0.717, 1.165) is 33.6 Å². The molecule has 44 heavy (non-hydrogen) atoms. The van der Waals surface area contributed by atoms with Gasteiger partial charge in [0.1, 0.15) is 0 Å². The van der Waals surface area contributed by atoms with Crippen molar-refractivity contribution < 1.29 is 0 Å². The Morgan fingerprint density at radius 3 is 1.50 bits per heavy atom. The third-order valence-electron chi connectivity index (χ3n) is 8.29. The lowest BCUT2D eigenvalue weighted by atomic mass is 9.88. The largest absolute Gasteiger partial charge is 0.265 e. The third-order valence-corrected chi connectivity index (χ3v) is 8.29. The van der Waals surface area contributed by atoms with Crippen LogP contribution in [0.3, 0.4) is 0 Å². The van der Waals surface area contributed by atoms with Crippen molar-refractivity contribution >= 4 is 21.5 Å². The second-order valence-corrected chi connectivity index (χ2v) is 10.9. The highest BCUT2D eigenvalue weighted by Crippen LogP contribution is 2.40. The van der Waals surface area contributed by atoms with Crippen LogP contribution in [0.4, 0.5) is 0 Å². The Kier molecular flexibility index (Phi) is 6.47. The highest BCUT2D eigenvalue weighted by atomic mass is 14.7. The van der Waals surface area contributed by atoms with Gasteiger partial charge in [0.2, 0.25) is 0 Å². The second-order valence-electron chi connectivity index (χ2n) is 10.9. The lowest BCUT2D eigenvalue weighted by Gasteiger charge is -2.15. The molecule has 3 heteroatoms. The molecule has 0 aliphatic heterocycles. The molecule has 3 heterocycles. The van der Waals surface area contributed by atoms with Gasteiger partial charge in [-0.05, 0) is 97.4 Å². The Balaban J connectivity index is 1.24. The molecule has 3 nitrogen and oxygen atoms in total. The van der Waals surface area contributed by atoms with Gasteiger partial charge in [0.15, 0.2) is 0 Å². The Morgan fingerprint density at radius 2 is 0.841 bits per heavy atom. The van der Waals surface area contributed by atoms with Gasteiger partial charge >= 0.3 is 0 Å². The minimum Gasteiger partial charge on any atom is -0.265 e. The normalized spacial score (nSPS) is 11.2. The van der Waals surface area contributed by atoms with E-state index in [1.165, 1.54) is 43.8 Å². The number of nitrogens with zero attached hydrogens (tertiary/aromatic N) is 3. The average Bonchev–Trinajstić information content (AvgIpc) is 3.12. The zero-order valence-corrected chi connectivity index (χ0v) is 23.9. The molecular formula is C41H27N3. The highest BCUT2D eigenvalue weighted by Gasteiger charge is 2.14. The van der Waals surface area contributed by atoms with Crippen LogP contribution in [0.2, 0.25) is 0 Å². The molecule has 0 radical (unpaired) electrons.